The topological polar surface area (TPSA) is 61.1 Å². The van der Waals surface area contributed by atoms with Gasteiger partial charge in [0.15, 0.2) is 0 Å². The van der Waals surface area contributed by atoms with Gasteiger partial charge in [-0.05, 0) is 19.3 Å². The smallest absolute Gasteiger partial charge is 0.309 e. The fraction of sp³-hybridized carbons (Fsp3) is 0.714. The average molecular weight is 141 g/mol. The van der Waals surface area contributed by atoms with Crippen LogP contribution in [-0.2, 0) is 4.79 Å². The van der Waals surface area contributed by atoms with Crippen molar-refractivity contribution in [1.82, 2.24) is 0 Å². The van der Waals surface area contributed by atoms with E-state index in [9.17, 15) is 4.79 Å². The fourth-order valence-corrected chi connectivity index (χ4v) is 0.870. The Morgan fingerprint density at radius 3 is 2.10 bits per heavy atom. The normalized spacial score (nSPS) is 18.3. The van der Waals surface area contributed by atoms with Gasteiger partial charge in [-0.15, -0.1) is 0 Å². The molecule has 0 aromatic heterocycles. The summed E-state index contributed by atoms with van der Waals surface area (Å²) in [5.41, 5.74) is -0.292. The van der Waals surface area contributed by atoms with Crippen LogP contribution in [0.15, 0.2) is 0 Å². The molecule has 3 heteroatoms. The summed E-state index contributed by atoms with van der Waals surface area (Å²) in [5, 5.41) is 15.0. The molecule has 10 heavy (non-hydrogen) atoms. The molecule has 0 saturated heterocycles. The summed E-state index contributed by atoms with van der Waals surface area (Å²) in [7, 11) is 0. The molecule has 3 nitrogen and oxygen atoms in total. The fourth-order valence-electron chi connectivity index (χ4n) is 0.870. The van der Waals surface area contributed by atoms with E-state index in [0.29, 0.717) is 0 Å². The lowest BCUT2D eigenvalue weighted by molar-refractivity contribution is -0.143. The van der Waals surface area contributed by atoms with Gasteiger partial charge in [-0.2, -0.15) is 0 Å². The highest BCUT2D eigenvalue weighted by Gasteiger charge is 2.48. The quantitative estimate of drug-likeness (QED) is 0.632. The molecule has 1 N–H and O–H groups in total. The maximum absolute atomic E-state index is 10.3. The molecule has 0 amide bonds. The minimum absolute atomic E-state index is 0.292. The zero-order valence-electron chi connectivity index (χ0n) is 6.00. The first-order chi connectivity index (χ1) is 4.71. The van der Waals surface area contributed by atoms with Crippen molar-refractivity contribution in [3.05, 3.63) is 0 Å². The standard InChI is InChI=1S/C6H10O2.CHN/c1-2-6(3-4-6)5(7)8;1-2/h2-4H2,1H3,(H,7,8);1H. The molecular weight excluding hydrogens is 130 g/mol. The van der Waals surface area contributed by atoms with E-state index < -0.39 is 5.97 Å². The van der Waals surface area contributed by atoms with Gasteiger partial charge in [-0.3, -0.25) is 4.79 Å². The predicted molar refractivity (Wildman–Crippen MR) is 36.3 cm³/mol. The lowest BCUT2D eigenvalue weighted by Gasteiger charge is -2.01. The van der Waals surface area contributed by atoms with Crippen LogP contribution < -0.4 is 0 Å². The number of nitriles is 1. The number of hydrogen-bond acceptors (Lipinski definition) is 2. The number of aliphatic carboxylic acids is 1. The van der Waals surface area contributed by atoms with Crippen molar-refractivity contribution >= 4 is 5.97 Å². The maximum Gasteiger partial charge on any atom is 0.309 e. The van der Waals surface area contributed by atoms with Gasteiger partial charge in [-0.25, -0.2) is 5.26 Å². The van der Waals surface area contributed by atoms with Gasteiger partial charge >= 0.3 is 5.97 Å². The van der Waals surface area contributed by atoms with E-state index in [2.05, 4.69) is 6.57 Å². The van der Waals surface area contributed by atoms with E-state index in [1.54, 1.807) is 0 Å². The second kappa shape index (κ2) is 3.21. The van der Waals surface area contributed by atoms with Crippen molar-refractivity contribution in [2.45, 2.75) is 26.2 Å². The van der Waals surface area contributed by atoms with Crippen LogP contribution in [0.3, 0.4) is 0 Å². The summed E-state index contributed by atoms with van der Waals surface area (Å²) in [6.07, 6.45) is 2.57. The summed E-state index contributed by atoms with van der Waals surface area (Å²) in [4.78, 5) is 10.3. The van der Waals surface area contributed by atoms with Crippen LogP contribution in [0.5, 0.6) is 0 Å². The van der Waals surface area contributed by atoms with Crippen molar-refractivity contribution in [2.75, 3.05) is 0 Å². The molecule has 0 bridgehead atoms. The van der Waals surface area contributed by atoms with Crippen molar-refractivity contribution in [1.29, 1.82) is 5.26 Å². The van der Waals surface area contributed by atoms with E-state index in [1.165, 1.54) is 0 Å². The molecule has 1 rings (SSSR count). The Hall–Kier alpha value is -1.04. The van der Waals surface area contributed by atoms with Crippen molar-refractivity contribution in [2.24, 2.45) is 5.41 Å². The second-order valence-corrected chi connectivity index (χ2v) is 2.44. The molecule has 0 unspecified atom stereocenters. The number of rotatable bonds is 2. The van der Waals surface area contributed by atoms with E-state index >= 15 is 0 Å². The van der Waals surface area contributed by atoms with E-state index in [4.69, 9.17) is 10.4 Å². The van der Waals surface area contributed by atoms with Crippen LogP contribution in [0.2, 0.25) is 0 Å². The van der Waals surface area contributed by atoms with Gasteiger partial charge in [0.25, 0.3) is 0 Å². The maximum atomic E-state index is 10.3. The summed E-state index contributed by atoms with van der Waals surface area (Å²) < 4.78 is 0. The Balaban J connectivity index is 0.000000371. The summed E-state index contributed by atoms with van der Waals surface area (Å²) in [6, 6.07) is 0. The van der Waals surface area contributed by atoms with Gasteiger partial charge in [-0.1, -0.05) is 6.92 Å². The molecule has 1 aliphatic carbocycles. The third-order valence-electron chi connectivity index (χ3n) is 1.98. The molecule has 0 aromatic carbocycles. The van der Waals surface area contributed by atoms with E-state index in [0.717, 1.165) is 19.3 Å². The van der Waals surface area contributed by atoms with Gasteiger partial charge in [0, 0.05) is 6.57 Å². The molecule has 0 aliphatic heterocycles. The number of hydrogen-bond donors (Lipinski definition) is 1. The van der Waals surface area contributed by atoms with Crippen LogP contribution in [0.1, 0.15) is 26.2 Å². The molecule has 1 fully saturated rings. The molecule has 0 spiro atoms. The van der Waals surface area contributed by atoms with E-state index in [-0.39, 0.29) is 5.41 Å². The number of nitrogens with zero attached hydrogens (tertiary/aromatic N) is 1. The van der Waals surface area contributed by atoms with Gasteiger partial charge in [0.05, 0.1) is 5.41 Å². The average Bonchev–Trinajstić information content (AvgIpc) is 2.71. The minimum Gasteiger partial charge on any atom is -0.481 e. The molecule has 0 aromatic rings. The summed E-state index contributed by atoms with van der Waals surface area (Å²) in [5.74, 6) is -0.611. The predicted octanol–water partition coefficient (Wildman–Crippen LogP) is 1.40. The van der Waals surface area contributed by atoms with Crippen LogP contribution in [-0.4, -0.2) is 11.1 Å². The number of carbonyl (C=O) groups is 1. The van der Waals surface area contributed by atoms with Gasteiger partial charge in [0.1, 0.15) is 0 Å². The van der Waals surface area contributed by atoms with Crippen LogP contribution in [0, 0.1) is 17.2 Å². The Labute approximate surface area is 60.3 Å². The highest BCUT2D eigenvalue weighted by molar-refractivity contribution is 5.77. The first kappa shape index (κ1) is 8.96. The van der Waals surface area contributed by atoms with Crippen LogP contribution in [0.25, 0.3) is 0 Å². The largest absolute Gasteiger partial charge is 0.481 e. The molecule has 0 radical (unpaired) electrons. The Morgan fingerprint density at radius 2 is 2.10 bits per heavy atom. The minimum atomic E-state index is -0.611. The van der Waals surface area contributed by atoms with Crippen molar-refractivity contribution in [3.63, 3.8) is 0 Å². The highest BCUT2D eigenvalue weighted by Crippen LogP contribution is 2.48. The lowest BCUT2D eigenvalue weighted by Crippen LogP contribution is -2.12. The zero-order valence-corrected chi connectivity index (χ0v) is 6.00. The number of carboxylic acid groups (broad SMARTS) is 1. The monoisotopic (exact) mass is 141 g/mol. The summed E-state index contributed by atoms with van der Waals surface area (Å²) >= 11 is 0. The summed E-state index contributed by atoms with van der Waals surface area (Å²) in [6.45, 7) is 5.43. The highest BCUT2D eigenvalue weighted by atomic mass is 16.4. The Kier molecular flexibility index (Phi) is 2.88. The first-order valence-corrected chi connectivity index (χ1v) is 3.20. The molecule has 0 atom stereocenters. The van der Waals surface area contributed by atoms with Gasteiger partial charge < -0.3 is 5.11 Å². The molecule has 0 heterocycles. The first-order valence-electron chi connectivity index (χ1n) is 3.20. The van der Waals surface area contributed by atoms with Crippen LogP contribution in [0.4, 0.5) is 0 Å². The Morgan fingerprint density at radius 1 is 1.70 bits per heavy atom. The van der Waals surface area contributed by atoms with Gasteiger partial charge in [0.2, 0.25) is 0 Å². The second-order valence-electron chi connectivity index (χ2n) is 2.44. The SMILES string of the molecule is C#N.CCC1(C(=O)O)CC1. The third kappa shape index (κ3) is 1.47. The molecule has 56 valence electrons. The zero-order chi connectivity index (χ0) is 8.20. The third-order valence-corrected chi connectivity index (χ3v) is 1.98. The molecule has 1 aliphatic rings. The molecular formula is C7H11NO2. The lowest BCUT2D eigenvalue weighted by atomic mass is 10.1. The van der Waals surface area contributed by atoms with Crippen LogP contribution >= 0.6 is 0 Å². The number of carboxylic acids is 1. The van der Waals surface area contributed by atoms with E-state index in [1.807, 2.05) is 6.92 Å². The molecule has 1 saturated carbocycles. The van der Waals surface area contributed by atoms with Crippen molar-refractivity contribution in [3.8, 4) is 6.57 Å². The van der Waals surface area contributed by atoms with Crippen molar-refractivity contribution < 1.29 is 9.90 Å². The Bertz CT molecular complexity index is 147.